The summed E-state index contributed by atoms with van der Waals surface area (Å²) in [5, 5.41) is 8.29. The van der Waals surface area contributed by atoms with Crippen molar-refractivity contribution in [3.8, 4) is 6.07 Å². The van der Waals surface area contributed by atoms with E-state index in [0.717, 1.165) is 13.0 Å². The van der Waals surface area contributed by atoms with Crippen molar-refractivity contribution < 1.29 is 0 Å². The van der Waals surface area contributed by atoms with E-state index in [2.05, 4.69) is 4.90 Å². The SMILES string of the molecule is CN1CCC/C1=C\C#N. The Labute approximate surface area is 55.4 Å². The van der Waals surface area contributed by atoms with Crippen molar-refractivity contribution in [3.05, 3.63) is 11.8 Å². The highest BCUT2D eigenvalue weighted by molar-refractivity contribution is 5.14. The molecule has 0 amide bonds. The Morgan fingerprint density at radius 2 is 2.56 bits per heavy atom. The lowest BCUT2D eigenvalue weighted by molar-refractivity contribution is 0.481. The molecule has 0 aromatic rings. The molecule has 0 spiro atoms. The van der Waals surface area contributed by atoms with Crippen LogP contribution < -0.4 is 0 Å². The topological polar surface area (TPSA) is 27.0 Å². The van der Waals surface area contributed by atoms with Gasteiger partial charge in [-0.2, -0.15) is 5.26 Å². The third kappa shape index (κ3) is 1.23. The van der Waals surface area contributed by atoms with Crippen LogP contribution in [-0.4, -0.2) is 18.5 Å². The molecule has 48 valence electrons. The van der Waals surface area contributed by atoms with Crippen LogP contribution in [0.1, 0.15) is 12.8 Å². The molecule has 0 aliphatic carbocycles. The molecule has 1 fully saturated rings. The molecule has 0 radical (unpaired) electrons. The van der Waals surface area contributed by atoms with Gasteiger partial charge >= 0.3 is 0 Å². The van der Waals surface area contributed by atoms with Gasteiger partial charge in [-0.1, -0.05) is 0 Å². The van der Waals surface area contributed by atoms with E-state index in [9.17, 15) is 0 Å². The smallest absolute Gasteiger partial charge is 0.0930 e. The largest absolute Gasteiger partial charge is 0.377 e. The molecule has 2 heteroatoms. The Kier molecular flexibility index (Phi) is 1.74. The fourth-order valence-corrected chi connectivity index (χ4v) is 1.09. The summed E-state index contributed by atoms with van der Waals surface area (Å²) >= 11 is 0. The van der Waals surface area contributed by atoms with Crippen LogP contribution in [0.5, 0.6) is 0 Å². The normalized spacial score (nSPS) is 22.7. The highest BCUT2D eigenvalue weighted by Gasteiger charge is 2.10. The lowest BCUT2D eigenvalue weighted by Gasteiger charge is -2.09. The Hall–Kier alpha value is -0.970. The quantitative estimate of drug-likeness (QED) is 0.450. The molecule has 0 unspecified atom stereocenters. The first-order chi connectivity index (χ1) is 4.34. The fourth-order valence-electron chi connectivity index (χ4n) is 1.09. The molecule has 1 aliphatic heterocycles. The first-order valence-corrected chi connectivity index (χ1v) is 3.14. The highest BCUT2D eigenvalue weighted by Crippen LogP contribution is 2.17. The van der Waals surface area contributed by atoms with Crippen molar-refractivity contribution >= 4 is 0 Å². The zero-order valence-electron chi connectivity index (χ0n) is 5.59. The van der Waals surface area contributed by atoms with Crippen LogP contribution in [0.25, 0.3) is 0 Å². The van der Waals surface area contributed by atoms with Gasteiger partial charge in [0.15, 0.2) is 0 Å². The minimum Gasteiger partial charge on any atom is -0.377 e. The highest BCUT2D eigenvalue weighted by atomic mass is 15.1. The van der Waals surface area contributed by atoms with Gasteiger partial charge in [0.05, 0.1) is 6.07 Å². The summed E-state index contributed by atoms with van der Waals surface area (Å²) in [7, 11) is 2.02. The number of hydrogen-bond donors (Lipinski definition) is 0. The Balaban J connectivity index is 2.62. The van der Waals surface area contributed by atoms with Crippen LogP contribution in [0.4, 0.5) is 0 Å². The lowest BCUT2D eigenvalue weighted by atomic mass is 10.3. The predicted molar refractivity (Wildman–Crippen MR) is 35.6 cm³/mol. The van der Waals surface area contributed by atoms with Crippen molar-refractivity contribution in [1.82, 2.24) is 4.90 Å². The number of likely N-dealkylation sites (tertiary alicyclic amines) is 1. The van der Waals surface area contributed by atoms with Crippen LogP contribution in [0.2, 0.25) is 0 Å². The van der Waals surface area contributed by atoms with Crippen LogP contribution >= 0.6 is 0 Å². The number of hydrogen-bond acceptors (Lipinski definition) is 2. The summed E-state index contributed by atoms with van der Waals surface area (Å²) in [5.74, 6) is 0. The van der Waals surface area contributed by atoms with Crippen molar-refractivity contribution in [3.63, 3.8) is 0 Å². The van der Waals surface area contributed by atoms with E-state index in [1.165, 1.54) is 12.1 Å². The van der Waals surface area contributed by atoms with E-state index in [0.29, 0.717) is 0 Å². The van der Waals surface area contributed by atoms with Gasteiger partial charge < -0.3 is 4.90 Å². The molecule has 0 saturated carbocycles. The zero-order valence-corrected chi connectivity index (χ0v) is 5.59. The minimum atomic E-state index is 1.07. The maximum absolute atomic E-state index is 8.29. The second-order valence-corrected chi connectivity index (χ2v) is 2.29. The summed E-state index contributed by atoms with van der Waals surface area (Å²) in [6.45, 7) is 1.10. The third-order valence-corrected chi connectivity index (χ3v) is 1.65. The molecule has 9 heavy (non-hydrogen) atoms. The van der Waals surface area contributed by atoms with E-state index in [1.807, 2.05) is 13.1 Å². The van der Waals surface area contributed by atoms with Gasteiger partial charge in [-0.3, -0.25) is 0 Å². The average Bonchev–Trinajstić information content (AvgIpc) is 2.18. The van der Waals surface area contributed by atoms with Crippen LogP contribution in [0, 0.1) is 11.3 Å². The van der Waals surface area contributed by atoms with Gasteiger partial charge in [-0.25, -0.2) is 0 Å². The fraction of sp³-hybridized carbons (Fsp3) is 0.571. The molecule has 1 rings (SSSR count). The van der Waals surface area contributed by atoms with Gasteiger partial charge in [0.1, 0.15) is 0 Å². The number of allylic oxidation sites excluding steroid dienone is 2. The first-order valence-electron chi connectivity index (χ1n) is 3.14. The number of rotatable bonds is 0. The van der Waals surface area contributed by atoms with Gasteiger partial charge in [0.2, 0.25) is 0 Å². The molecule has 0 aromatic carbocycles. The van der Waals surface area contributed by atoms with Crippen LogP contribution in [-0.2, 0) is 0 Å². The molecule has 0 atom stereocenters. The molecule has 2 nitrogen and oxygen atoms in total. The summed E-state index contributed by atoms with van der Waals surface area (Å²) in [5.41, 5.74) is 1.18. The molecular formula is C7H10N2. The van der Waals surface area contributed by atoms with Crippen molar-refractivity contribution in [1.29, 1.82) is 5.26 Å². The second-order valence-electron chi connectivity index (χ2n) is 2.29. The minimum absolute atomic E-state index is 1.07. The van der Waals surface area contributed by atoms with Gasteiger partial charge in [-0.05, 0) is 12.8 Å². The van der Waals surface area contributed by atoms with Crippen molar-refractivity contribution in [2.24, 2.45) is 0 Å². The van der Waals surface area contributed by atoms with E-state index < -0.39 is 0 Å². The Morgan fingerprint density at radius 1 is 1.78 bits per heavy atom. The Morgan fingerprint density at radius 3 is 3.00 bits per heavy atom. The molecule has 0 N–H and O–H groups in total. The molecule has 0 bridgehead atoms. The molecule has 1 saturated heterocycles. The average molecular weight is 122 g/mol. The van der Waals surface area contributed by atoms with Crippen molar-refractivity contribution in [2.45, 2.75) is 12.8 Å². The molecule has 0 aromatic heterocycles. The Bertz CT molecular complexity index is 164. The first kappa shape index (κ1) is 6.15. The maximum atomic E-state index is 8.29. The van der Waals surface area contributed by atoms with E-state index in [-0.39, 0.29) is 0 Å². The van der Waals surface area contributed by atoms with Crippen molar-refractivity contribution in [2.75, 3.05) is 13.6 Å². The van der Waals surface area contributed by atoms with Gasteiger partial charge in [0.25, 0.3) is 0 Å². The zero-order chi connectivity index (χ0) is 6.69. The maximum Gasteiger partial charge on any atom is 0.0930 e. The summed E-state index contributed by atoms with van der Waals surface area (Å²) in [6, 6.07) is 2.04. The van der Waals surface area contributed by atoms with Gasteiger partial charge in [-0.15, -0.1) is 0 Å². The van der Waals surface area contributed by atoms with E-state index >= 15 is 0 Å². The lowest BCUT2D eigenvalue weighted by Crippen LogP contribution is -2.09. The third-order valence-electron chi connectivity index (χ3n) is 1.65. The predicted octanol–water partition coefficient (Wildman–Crippen LogP) is 1.12. The van der Waals surface area contributed by atoms with Crippen LogP contribution in [0.3, 0.4) is 0 Å². The summed E-state index contributed by atoms with van der Waals surface area (Å²) in [4.78, 5) is 2.13. The molecule has 1 aliphatic rings. The number of nitrogens with zero attached hydrogens (tertiary/aromatic N) is 2. The van der Waals surface area contributed by atoms with E-state index in [1.54, 1.807) is 6.08 Å². The standard InChI is InChI=1S/C7H10N2/c1-9-6-2-3-7(9)4-5-8/h4H,2-3,6H2,1H3/b7-4+. The number of nitriles is 1. The molecule has 1 heterocycles. The van der Waals surface area contributed by atoms with Crippen LogP contribution in [0.15, 0.2) is 11.8 Å². The monoisotopic (exact) mass is 122 g/mol. The summed E-state index contributed by atoms with van der Waals surface area (Å²) in [6.07, 6.45) is 3.90. The second kappa shape index (κ2) is 2.54. The van der Waals surface area contributed by atoms with E-state index in [4.69, 9.17) is 5.26 Å². The summed E-state index contributed by atoms with van der Waals surface area (Å²) < 4.78 is 0. The van der Waals surface area contributed by atoms with Gasteiger partial charge in [0, 0.05) is 25.4 Å². The molecular weight excluding hydrogens is 112 g/mol.